The predicted molar refractivity (Wildman–Crippen MR) is 99.9 cm³/mol. The molecule has 1 aromatic heterocycles. The van der Waals surface area contributed by atoms with E-state index in [9.17, 15) is 4.79 Å². The number of rotatable bonds is 4. The molecule has 25 heavy (non-hydrogen) atoms. The molecule has 0 atom stereocenters. The lowest BCUT2D eigenvalue weighted by molar-refractivity contribution is 0.244. The molecule has 0 saturated heterocycles. The van der Waals surface area contributed by atoms with Crippen LogP contribution in [0.2, 0.25) is 5.02 Å². The summed E-state index contributed by atoms with van der Waals surface area (Å²) in [6.07, 6.45) is 0.875. The van der Waals surface area contributed by atoms with E-state index in [1.807, 2.05) is 54.6 Å². The van der Waals surface area contributed by atoms with Crippen LogP contribution >= 0.6 is 11.6 Å². The smallest absolute Gasteiger partial charge is 0.271 e. The van der Waals surface area contributed by atoms with E-state index in [1.54, 1.807) is 4.68 Å². The van der Waals surface area contributed by atoms with Gasteiger partial charge in [0.15, 0.2) is 0 Å². The SMILES string of the molecule is O=c1c2c([nH]n1Cc1ccccc1)CCN(Cc1ccc(Cl)cc1)C2. The lowest BCUT2D eigenvalue weighted by atomic mass is 10.1. The zero-order valence-electron chi connectivity index (χ0n) is 13.9. The summed E-state index contributed by atoms with van der Waals surface area (Å²) in [7, 11) is 0. The van der Waals surface area contributed by atoms with Gasteiger partial charge < -0.3 is 0 Å². The van der Waals surface area contributed by atoms with E-state index >= 15 is 0 Å². The summed E-state index contributed by atoms with van der Waals surface area (Å²) in [6.45, 7) is 3.06. The Morgan fingerprint density at radius 2 is 1.68 bits per heavy atom. The quantitative estimate of drug-likeness (QED) is 0.780. The molecule has 0 unspecified atom stereocenters. The highest BCUT2D eigenvalue weighted by Gasteiger charge is 2.22. The van der Waals surface area contributed by atoms with Crippen LogP contribution < -0.4 is 5.56 Å². The molecular formula is C20H20ClN3O. The van der Waals surface area contributed by atoms with Crippen molar-refractivity contribution in [2.24, 2.45) is 0 Å². The van der Waals surface area contributed by atoms with Crippen molar-refractivity contribution >= 4 is 11.6 Å². The Kier molecular flexibility index (Phi) is 4.47. The highest BCUT2D eigenvalue weighted by Crippen LogP contribution is 2.18. The van der Waals surface area contributed by atoms with Gasteiger partial charge in [-0.05, 0) is 23.3 Å². The van der Waals surface area contributed by atoms with E-state index in [0.717, 1.165) is 41.4 Å². The van der Waals surface area contributed by atoms with Crippen LogP contribution in [0.5, 0.6) is 0 Å². The lowest BCUT2D eigenvalue weighted by Gasteiger charge is -2.25. The average Bonchev–Trinajstić information content (AvgIpc) is 2.94. The summed E-state index contributed by atoms with van der Waals surface area (Å²) in [5.41, 5.74) is 4.42. The summed E-state index contributed by atoms with van der Waals surface area (Å²) in [5.74, 6) is 0. The van der Waals surface area contributed by atoms with Crippen LogP contribution in [0.25, 0.3) is 0 Å². The number of halogens is 1. The van der Waals surface area contributed by atoms with Crippen LogP contribution in [0.1, 0.15) is 22.4 Å². The van der Waals surface area contributed by atoms with Gasteiger partial charge in [0.1, 0.15) is 0 Å². The molecule has 5 heteroatoms. The highest BCUT2D eigenvalue weighted by molar-refractivity contribution is 6.30. The fraction of sp³-hybridized carbons (Fsp3) is 0.250. The number of hydrogen-bond donors (Lipinski definition) is 1. The number of H-pyrrole nitrogens is 1. The molecule has 1 N–H and O–H groups in total. The second-order valence-electron chi connectivity index (χ2n) is 6.53. The van der Waals surface area contributed by atoms with Crippen molar-refractivity contribution < 1.29 is 0 Å². The molecule has 0 fully saturated rings. The first-order chi connectivity index (χ1) is 12.2. The molecule has 128 valence electrons. The first-order valence-electron chi connectivity index (χ1n) is 8.50. The van der Waals surface area contributed by atoms with Crippen LogP contribution in [0.4, 0.5) is 0 Å². The topological polar surface area (TPSA) is 41.0 Å². The number of aromatic amines is 1. The zero-order chi connectivity index (χ0) is 17.2. The van der Waals surface area contributed by atoms with Gasteiger partial charge in [0, 0.05) is 36.8 Å². The maximum atomic E-state index is 12.7. The summed E-state index contributed by atoms with van der Waals surface area (Å²) in [4.78, 5) is 15.1. The fourth-order valence-corrected chi connectivity index (χ4v) is 3.50. The molecule has 3 aromatic rings. The van der Waals surface area contributed by atoms with Crippen LogP contribution in [-0.2, 0) is 26.1 Å². The number of fused-ring (bicyclic) bond motifs is 1. The van der Waals surface area contributed by atoms with E-state index in [1.165, 1.54) is 5.56 Å². The fourth-order valence-electron chi connectivity index (χ4n) is 3.38. The van der Waals surface area contributed by atoms with E-state index in [-0.39, 0.29) is 5.56 Å². The van der Waals surface area contributed by atoms with Crippen LogP contribution in [-0.4, -0.2) is 21.2 Å². The summed E-state index contributed by atoms with van der Waals surface area (Å²) in [5, 5.41) is 4.05. The van der Waals surface area contributed by atoms with Gasteiger partial charge in [0.2, 0.25) is 0 Å². The number of nitrogens with zero attached hydrogens (tertiary/aromatic N) is 2. The molecule has 1 aliphatic rings. The van der Waals surface area contributed by atoms with E-state index in [0.29, 0.717) is 13.1 Å². The molecule has 2 heterocycles. The minimum Gasteiger partial charge on any atom is -0.299 e. The molecule has 0 spiro atoms. The van der Waals surface area contributed by atoms with Gasteiger partial charge in [-0.3, -0.25) is 14.8 Å². The third kappa shape index (κ3) is 3.55. The Balaban J connectivity index is 1.51. The summed E-state index contributed by atoms with van der Waals surface area (Å²) in [6, 6.07) is 18.0. The highest BCUT2D eigenvalue weighted by atomic mass is 35.5. The normalized spacial score (nSPS) is 14.4. The van der Waals surface area contributed by atoms with Crippen molar-refractivity contribution in [3.05, 3.63) is 92.4 Å². The predicted octanol–water partition coefficient (Wildman–Crippen LogP) is 3.44. The Bertz CT molecular complexity index is 912. The molecule has 4 rings (SSSR count). The average molecular weight is 354 g/mol. The van der Waals surface area contributed by atoms with Crippen molar-refractivity contribution in [3.8, 4) is 0 Å². The lowest BCUT2D eigenvalue weighted by Crippen LogP contribution is -2.32. The van der Waals surface area contributed by atoms with Gasteiger partial charge in [-0.25, -0.2) is 4.68 Å². The largest absolute Gasteiger partial charge is 0.299 e. The first-order valence-corrected chi connectivity index (χ1v) is 8.88. The third-order valence-corrected chi connectivity index (χ3v) is 4.95. The number of nitrogens with one attached hydrogen (secondary N) is 1. The first kappa shape index (κ1) is 16.2. The molecule has 0 saturated carbocycles. The molecule has 0 radical (unpaired) electrons. The molecule has 0 bridgehead atoms. The second-order valence-corrected chi connectivity index (χ2v) is 6.97. The number of benzene rings is 2. The number of aromatic nitrogens is 2. The van der Waals surface area contributed by atoms with Crippen LogP contribution in [0, 0.1) is 0 Å². The third-order valence-electron chi connectivity index (χ3n) is 4.70. The molecular weight excluding hydrogens is 334 g/mol. The maximum absolute atomic E-state index is 12.7. The molecule has 4 nitrogen and oxygen atoms in total. The Hall–Kier alpha value is -2.30. The van der Waals surface area contributed by atoms with Crippen molar-refractivity contribution in [1.29, 1.82) is 0 Å². The minimum absolute atomic E-state index is 0.0969. The molecule has 0 amide bonds. The second kappa shape index (κ2) is 6.90. The Morgan fingerprint density at radius 3 is 2.44 bits per heavy atom. The van der Waals surface area contributed by atoms with Gasteiger partial charge in [0.25, 0.3) is 5.56 Å². The van der Waals surface area contributed by atoms with Gasteiger partial charge in [-0.1, -0.05) is 54.1 Å². The number of hydrogen-bond acceptors (Lipinski definition) is 2. The summed E-state index contributed by atoms with van der Waals surface area (Å²) < 4.78 is 1.73. The summed E-state index contributed by atoms with van der Waals surface area (Å²) >= 11 is 5.95. The van der Waals surface area contributed by atoms with Crippen molar-refractivity contribution in [3.63, 3.8) is 0 Å². The standard InChI is InChI=1S/C20H20ClN3O/c21-17-8-6-16(7-9-17)12-23-11-10-19-18(14-23)20(25)24(22-19)13-15-4-2-1-3-5-15/h1-9,22H,10-14H2. The monoisotopic (exact) mass is 353 g/mol. The van der Waals surface area contributed by atoms with E-state index in [4.69, 9.17) is 11.6 Å². The van der Waals surface area contributed by atoms with Crippen molar-refractivity contribution in [1.82, 2.24) is 14.7 Å². The minimum atomic E-state index is 0.0969. The molecule has 2 aromatic carbocycles. The van der Waals surface area contributed by atoms with Crippen LogP contribution in [0.15, 0.2) is 59.4 Å². The Morgan fingerprint density at radius 1 is 0.960 bits per heavy atom. The van der Waals surface area contributed by atoms with Gasteiger partial charge in [-0.2, -0.15) is 0 Å². The molecule has 0 aliphatic carbocycles. The van der Waals surface area contributed by atoms with Gasteiger partial charge in [-0.15, -0.1) is 0 Å². The van der Waals surface area contributed by atoms with Crippen molar-refractivity contribution in [2.75, 3.05) is 6.54 Å². The van der Waals surface area contributed by atoms with Crippen LogP contribution in [0.3, 0.4) is 0 Å². The zero-order valence-corrected chi connectivity index (χ0v) is 14.7. The maximum Gasteiger partial charge on any atom is 0.271 e. The van der Waals surface area contributed by atoms with Crippen molar-refractivity contribution in [2.45, 2.75) is 26.1 Å². The Labute approximate surface area is 151 Å². The van der Waals surface area contributed by atoms with E-state index in [2.05, 4.69) is 10.00 Å². The van der Waals surface area contributed by atoms with E-state index < -0.39 is 0 Å². The van der Waals surface area contributed by atoms with Gasteiger partial charge >= 0.3 is 0 Å². The van der Waals surface area contributed by atoms with Gasteiger partial charge in [0.05, 0.1) is 12.1 Å². The molecule has 1 aliphatic heterocycles.